The Morgan fingerprint density at radius 3 is 2.36 bits per heavy atom. The van der Waals surface area contributed by atoms with Crippen molar-refractivity contribution >= 4 is 23.7 Å². The van der Waals surface area contributed by atoms with E-state index < -0.39 is 11.9 Å². The Balaban J connectivity index is 1.93. The molecule has 6 heteroatoms. The van der Waals surface area contributed by atoms with Gasteiger partial charge < -0.3 is 14.4 Å². The Morgan fingerprint density at radius 1 is 1.00 bits per heavy atom. The van der Waals surface area contributed by atoms with Gasteiger partial charge in [-0.1, -0.05) is 48.5 Å². The van der Waals surface area contributed by atoms with Gasteiger partial charge in [0, 0.05) is 18.8 Å². The number of hydrogen-bond donors (Lipinski definition) is 0. The van der Waals surface area contributed by atoms with Crippen LogP contribution in [-0.4, -0.2) is 35.7 Å². The summed E-state index contributed by atoms with van der Waals surface area (Å²) in [6.07, 6.45) is 0.977. The fraction of sp³-hybridized carbons (Fsp3) is 0.273. The van der Waals surface area contributed by atoms with Crippen LogP contribution in [0.5, 0.6) is 5.75 Å². The van der Waals surface area contributed by atoms with Crippen molar-refractivity contribution in [1.82, 2.24) is 4.90 Å². The van der Waals surface area contributed by atoms with Crippen molar-refractivity contribution in [3.8, 4) is 5.75 Å². The van der Waals surface area contributed by atoms with Gasteiger partial charge in [-0.25, -0.2) is 9.59 Å². The third-order valence-electron chi connectivity index (χ3n) is 4.17. The van der Waals surface area contributed by atoms with Crippen LogP contribution in [0.2, 0.25) is 0 Å². The second-order valence-electron chi connectivity index (χ2n) is 6.21. The zero-order chi connectivity index (χ0) is 19.8. The molecule has 5 nitrogen and oxygen atoms in total. The third kappa shape index (κ3) is 5.16. The van der Waals surface area contributed by atoms with E-state index in [-0.39, 0.29) is 12.2 Å². The van der Waals surface area contributed by atoms with E-state index in [2.05, 4.69) is 4.90 Å². The van der Waals surface area contributed by atoms with Crippen molar-refractivity contribution in [2.24, 2.45) is 0 Å². The first-order valence-electron chi connectivity index (χ1n) is 9.29. The van der Waals surface area contributed by atoms with Gasteiger partial charge in [-0.15, -0.1) is 11.8 Å². The molecule has 0 aliphatic carbocycles. The highest BCUT2D eigenvalue weighted by molar-refractivity contribution is 8.03. The molecule has 3 rings (SSSR count). The number of thioether (sulfide) groups is 1. The lowest BCUT2D eigenvalue weighted by molar-refractivity contribution is -0.143. The van der Waals surface area contributed by atoms with E-state index in [0.29, 0.717) is 17.3 Å². The Kier molecular flexibility index (Phi) is 7.14. The monoisotopic (exact) mass is 397 g/mol. The molecule has 0 bridgehead atoms. The van der Waals surface area contributed by atoms with Crippen LogP contribution < -0.4 is 4.74 Å². The highest BCUT2D eigenvalue weighted by Crippen LogP contribution is 2.32. The van der Waals surface area contributed by atoms with Crippen molar-refractivity contribution in [1.29, 1.82) is 0 Å². The molecule has 0 unspecified atom stereocenters. The molecule has 0 atom stereocenters. The quantitative estimate of drug-likeness (QED) is 0.241. The summed E-state index contributed by atoms with van der Waals surface area (Å²) in [6, 6.07) is 18.7. The van der Waals surface area contributed by atoms with Crippen molar-refractivity contribution in [2.75, 3.05) is 18.9 Å². The molecule has 0 aromatic heterocycles. The number of nitrogens with zero attached hydrogens (tertiary/aromatic N) is 1. The number of ether oxygens (including phenoxy) is 2. The van der Waals surface area contributed by atoms with Crippen LogP contribution in [-0.2, 0) is 20.9 Å². The number of rotatable bonds is 6. The average Bonchev–Trinajstić information content (AvgIpc) is 2.71. The molecular formula is C22H23NO4S. The van der Waals surface area contributed by atoms with Crippen molar-refractivity contribution in [3.63, 3.8) is 0 Å². The van der Waals surface area contributed by atoms with Crippen LogP contribution >= 0.6 is 11.8 Å². The van der Waals surface area contributed by atoms with Gasteiger partial charge in [-0.05, 0) is 31.0 Å². The standard InChI is InChI=1S/C22H23NO4S/c1-2-26-21(24)19(22(25)27-18-12-7-4-8-13-18)20-23(14-9-15-28-20)16-17-10-5-3-6-11-17/h3-8,10-13H,2,9,14-16H2,1H3/b20-19-. The topological polar surface area (TPSA) is 55.8 Å². The summed E-state index contributed by atoms with van der Waals surface area (Å²) >= 11 is 1.50. The molecule has 1 saturated heterocycles. The molecule has 1 aliphatic rings. The number of carbonyl (C=O) groups excluding carboxylic acids is 2. The Morgan fingerprint density at radius 2 is 1.68 bits per heavy atom. The summed E-state index contributed by atoms with van der Waals surface area (Å²) in [5, 5.41) is 0.620. The van der Waals surface area contributed by atoms with Crippen LogP contribution in [0, 0.1) is 0 Å². The first-order chi connectivity index (χ1) is 13.7. The van der Waals surface area contributed by atoms with E-state index in [4.69, 9.17) is 9.47 Å². The molecule has 1 aliphatic heterocycles. The zero-order valence-electron chi connectivity index (χ0n) is 15.8. The van der Waals surface area contributed by atoms with Crippen LogP contribution in [0.4, 0.5) is 0 Å². The highest BCUT2D eigenvalue weighted by atomic mass is 32.2. The van der Waals surface area contributed by atoms with Gasteiger partial charge in [-0.3, -0.25) is 0 Å². The minimum absolute atomic E-state index is 0.0358. The molecule has 2 aromatic carbocycles. The molecule has 146 valence electrons. The lowest BCUT2D eigenvalue weighted by Crippen LogP contribution is -2.32. The smallest absolute Gasteiger partial charge is 0.353 e. The normalized spacial score (nSPS) is 15.7. The summed E-state index contributed by atoms with van der Waals surface area (Å²) in [6.45, 7) is 3.29. The van der Waals surface area contributed by atoms with Crippen molar-refractivity contribution < 1.29 is 19.1 Å². The summed E-state index contributed by atoms with van der Waals surface area (Å²) < 4.78 is 10.6. The Labute approximate surface area is 169 Å². The summed E-state index contributed by atoms with van der Waals surface area (Å²) in [5.41, 5.74) is 1.08. The van der Waals surface area contributed by atoms with E-state index in [1.165, 1.54) is 11.8 Å². The van der Waals surface area contributed by atoms with E-state index in [1.807, 2.05) is 36.4 Å². The average molecular weight is 397 g/mol. The fourth-order valence-electron chi connectivity index (χ4n) is 2.91. The van der Waals surface area contributed by atoms with Gasteiger partial charge >= 0.3 is 11.9 Å². The summed E-state index contributed by atoms with van der Waals surface area (Å²) in [7, 11) is 0. The summed E-state index contributed by atoms with van der Waals surface area (Å²) in [4.78, 5) is 27.6. The van der Waals surface area contributed by atoms with Crippen LogP contribution in [0.1, 0.15) is 18.9 Å². The molecule has 0 radical (unpaired) electrons. The van der Waals surface area contributed by atoms with Gasteiger partial charge in [-0.2, -0.15) is 0 Å². The summed E-state index contributed by atoms with van der Waals surface area (Å²) in [5.74, 6) is -0.106. The number of benzene rings is 2. The van der Waals surface area contributed by atoms with Crippen LogP contribution in [0.3, 0.4) is 0 Å². The lowest BCUT2D eigenvalue weighted by Gasteiger charge is -2.32. The van der Waals surface area contributed by atoms with E-state index in [9.17, 15) is 9.59 Å². The minimum Gasteiger partial charge on any atom is -0.462 e. The number of para-hydroxylation sites is 1. The van der Waals surface area contributed by atoms with Crippen molar-refractivity contribution in [2.45, 2.75) is 19.9 Å². The van der Waals surface area contributed by atoms with E-state index in [1.54, 1.807) is 31.2 Å². The van der Waals surface area contributed by atoms with E-state index in [0.717, 1.165) is 24.3 Å². The van der Waals surface area contributed by atoms with Gasteiger partial charge in [0.2, 0.25) is 0 Å². The first kappa shape index (κ1) is 20.0. The van der Waals surface area contributed by atoms with Gasteiger partial charge in [0.15, 0.2) is 5.57 Å². The molecule has 28 heavy (non-hydrogen) atoms. The van der Waals surface area contributed by atoms with E-state index >= 15 is 0 Å². The maximum absolute atomic E-state index is 12.9. The van der Waals surface area contributed by atoms with Crippen molar-refractivity contribution in [3.05, 3.63) is 76.8 Å². The second kappa shape index (κ2) is 9.99. The number of hydrogen-bond acceptors (Lipinski definition) is 6. The van der Waals surface area contributed by atoms with Gasteiger partial charge in [0.1, 0.15) is 5.75 Å². The Bertz CT molecular complexity index is 836. The first-order valence-corrected chi connectivity index (χ1v) is 10.3. The zero-order valence-corrected chi connectivity index (χ0v) is 16.6. The minimum atomic E-state index is -0.688. The largest absolute Gasteiger partial charge is 0.462 e. The molecule has 2 aromatic rings. The highest BCUT2D eigenvalue weighted by Gasteiger charge is 2.31. The number of carbonyl (C=O) groups is 2. The third-order valence-corrected chi connectivity index (χ3v) is 5.39. The maximum Gasteiger partial charge on any atom is 0.353 e. The molecule has 0 saturated carbocycles. The molecule has 1 fully saturated rings. The number of esters is 2. The van der Waals surface area contributed by atoms with Gasteiger partial charge in [0.25, 0.3) is 0 Å². The van der Waals surface area contributed by atoms with Crippen LogP contribution in [0.15, 0.2) is 71.3 Å². The molecular weight excluding hydrogens is 374 g/mol. The SMILES string of the molecule is CCOC(=O)/C(C(=O)Oc1ccccc1)=C1/SCCCN1Cc1ccccc1. The molecule has 0 amide bonds. The molecule has 1 heterocycles. The Hall–Kier alpha value is -2.73. The predicted molar refractivity (Wildman–Crippen MR) is 110 cm³/mol. The second-order valence-corrected chi connectivity index (χ2v) is 7.30. The molecule has 0 spiro atoms. The van der Waals surface area contributed by atoms with Gasteiger partial charge in [0.05, 0.1) is 11.6 Å². The predicted octanol–water partition coefficient (Wildman–Crippen LogP) is 4.01. The molecule has 0 N–H and O–H groups in total. The lowest BCUT2D eigenvalue weighted by atomic mass is 10.2. The van der Waals surface area contributed by atoms with Crippen LogP contribution in [0.25, 0.3) is 0 Å². The maximum atomic E-state index is 12.9. The fourth-order valence-corrected chi connectivity index (χ4v) is 4.03.